The third-order valence-corrected chi connectivity index (χ3v) is 1.31. The van der Waals surface area contributed by atoms with Crippen molar-refractivity contribution in [3.05, 3.63) is 33.9 Å². The van der Waals surface area contributed by atoms with Gasteiger partial charge in [0.25, 0.3) is 0 Å². The smallest absolute Gasteiger partial charge is 0.313 e. The number of hydrogen-bond acceptors (Lipinski definition) is 1. The molecule has 0 radical (unpaired) electrons. The largest absolute Gasteiger partial charge is 0.325 e. The third-order valence-electron chi connectivity index (χ3n) is 1.06. The second-order valence-corrected chi connectivity index (χ2v) is 3.03. The van der Waals surface area contributed by atoms with E-state index < -0.39 is 0 Å². The molecule has 0 atom stereocenters. The molecule has 1 rings (SSSR count). The summed E-state index contributed by atoms with van der Waals surface area (Å²) in [7, 11) is 0. The minimum atomic E-state index is -0.111. The van der Waals surface area contributed by atoms with Crippen molar-refractivity contribution in [2.45, 2.75) is 6.54 Å². The molecule has 3 nitrogen and oxygen atoms in total. The molecule has 0 aliphatic heterocycles. The van der Waals surface area contributed by atoms with Gasteiger partial charge < -0.3 is 4.98 Å². The Morgan fingerprint density at radius 3 is 3.00 bits per heavy atom. The first-order valence-electron chi connectivity index (χ1n) is 2.77. The van der Waals surface area contributed by atoms with Crippen molar-refractivity contribution in [2.75, 3.05) is 0 Å². The average molecular weight is 203 g/mol. The Morgan fingerprint density at radius 1 is 1.90 bits per heavy atom. The fourth-order valence-electron chi connectivity index (χ4n) is 0.658. The van der Waals surface area contributed by atoms with E-state index in [1.165, 1.54) is 4.57 Å². The lowest BCUT2D eigenvalue weighted by Crippen LogP contribution is -2.15. The minimum Gasteiger partial charge on any atom is -0.313 e. The van der Waals surface area contributed by atoms with E-state index in [1.54, 1.807) is 12.4 Å². The molecular weight excluding hydrogens is 196 g/mol. The topological polar surface area (TPSA) is 37.8 Å². The molecule has 0 bridgehead atoms. The molecule has 1 aromatic heterocycles. The van der Waals surface area contributed by atoms with Crippen LogP contribution in [0.1, 0.15) is 0 Å². The quantitative estimate of drug-likeness (QED) is 0.767. The SMILES string of the molecule is C=C(Br)Cn1cc[nH]c1=O. The highest BCUT2D eigenvalue weighted by molar-refractivity contribution is 9.11. The van der Waals surface area contributed by atoms with Crippen molar-refractivity contribution in [2.24, 2.45) is 0 Å². The lowest BCUT2D eigenvalue weighted by molar-refractivity contribution is 0.777. The summed E-state index contributed by atoms with van der Waals surface area (Å²) < 4.78 is 2.31. The van der Waals surface area contributed by atoms with Crippen molar-refractivity contribution in [3.63, 3.8) is 0 Å². The van der Waals surface area contributed by atoms with Gasteiger partial charge in [0.15, 0.2) is 0 Å². The third kappa shape index (κ3) is 1.60. The Hall–Kier alpha value is -0.770. The molecular formula is C6H7BrN2O. The van der Waals surface area contributed by atoms with E-state index in [0.29, 0.717) is 6.54 Å². The number of imidazole rings is 1. The van der Waals surface area contributed by atoms with Gasteiger partial charge in [0.2, 0.25) is 0 Å². The normalized spacial score (nSPS) is 9.70. The highest BCUT2D eigenvalue weighted by atomic mass is 79.9. The lowest BCUT2D eigenvalue weighted by Gasteiger charge is -1.95. The van der Waals surface area contributed by atoms with Gasteiger partial charge in [0, 0.05) is 16.9 Å². The second kappa shape index (κ2) is 2.88. The van der Waals surface area contributed by atoms with E-state index in [0.717, 1.165) is 4.48 Å². The number of rotatable bonds is 2. The zero-order valence-electron chi connectivity index (χ0n) is 5.30. The monoisotopic (exact) mass is 202 g/mol. The van der Waals surface area contributed by atoms with Crippen LogP contribution in [0.5, 0.6) is 0 Å². The summed E-state index contributed by atoms with van der Waals surface area (Å²) in [6, 6.07) is 0. The van der Waals surface area contributed by atoms with Crippen molar-refractivity contribution in [1.82, 2.24) is 9.55 Å². The van der Waals surface area contributed by atoms with Gasteiger partial charge in [-0.15, -0.1) is 0 Å². The number of halogens is 1. The first-order valence-corrected chi connectivity index (χ1v) is 3.56. The fraction of sp³-hybridized carbons (Fsp3) is 0.167. The number of allylic oxidation sites excluding steroid dienone is 1. The van der Waals surface area contributed by atoms with E-state index in [-0.39, 0.29) is 5.69 Å². The van der Waals surface area contributed by atoms with Crippen LogP contribution in [-0.4, -0.2) is 9.55 Å². The van der Waals surface area contributed by atoms with E-state index in [2.05, 4.69) is 27.5 Å². The summed E-state index contributed by atoms with van der Waals surface area (Å²) in [5, 5.41) is 0. The van der Waals surface area contributed by atoms with Crippen LogP contribution in [0.2, 0.25) is 0 Å². The maximum atomic E-state index is 10.8. The molecule has 10 heavy (non-hydrogen) atoms. The number of nitrogens with zero attached hydrogens (tertiary/aromatic N) is 1. The van der Waals surface area contributed by atoms with Gasteiger partial charge in [-0.2, -0.15) is 0 Å². The van der Waals surface area contributed by atoms with Crippen molar-refractivity contribution >= 4 is 15.9 Å². The Balaban J connectivity index is 2.85. The fourth-order valence-corrected chi connectivity index (χ4v) is 0.929. The molecule has 0 unspecified atom stereocenters. The molecule has 0 amide bonds. The summed E-state index contributed by atoms with van der Waals surface area (Å²) >= 11 is 3.16. The molecule has 0 aliphatic rings. The second-order valence-electron chi connectivity index (χ2n) is 1.91. The molecule has 1 aromatic rings. The molecule has 0 saturated carbocycles. The predicted molar refractivity (Wildman–Crippen MR) is 43.1 cm³/mol. The highest BCUT2D eigenvalue weighted by Crippen LogP contribution is 2.01. The summed E-state index contributed by atoms with van der Waals surface area (Å²) in [6.45, 7) is 4.13. The van der Waals surface area contributed by atoms with Crippen molar-refractivity contribution in [1.29, 1.82) is 0 Å². The lowest BCUT2D eigenvalue weighted by atomic mass is 10.6. The number of H-pyrrole nitrogens is 1. The van der Waals surface area contributed by atoms with Crippen LogP contribution in [-0.2, 0) is 6.54 Å². The number of hydrogen-bond donors (Lipinski definition) is 1. The summed E-state index contributed by atoms with van der Waals surface area (Å²) in [6.07, 6.45) is 3.27. The molecule has 54 valence electrons. The van der Waals surface area contributed by atoms with Crippen LogP contribution in [0.15, 0.2) is 28.2 Å². The van der Waals surface area contributed by atoms with Gasteiger partial charge in [-0.25, -0.2) is 4.79 Å². The van der Waals surface area contributed by atoms with E-state index in [9.17, 15) is 4.79 Å². The van der Waals surface area contributed by atoms with Gasteiger partial charge in [-0.05, 0) is 0 Å². The Kier molecular flexibility index (Phi) is 2.11. The van der Waals surface area contributed by atoms with Crippen LogP contribution in [0.25, 0.3) is 0 Å². The van der Waals surface area contributed by atoms with E-state index in [4.69, 9.17) is 0 Å². The van der Waals surface area contributed by atoms with Crippen molar-refractivity contribution in [3.8, 4) is 0 Å². The average Bonchev–Trinajstić information content (AvgIpc) is 2.15. The first-order chi connectivity index (χ1) is 4.70. The van der Waals surface area contributed by atoms with Crippen molar-refractivity contribution < 1.29 is 0 Å². The van der Waals surface area contributed by atoms with Gasteiger partial charge in [0.05, 0.1) is 6.54 Å². The van der Waals surface area contributed by atoms with E-state index >= 15 is 0 Å². The zero-order valence-corrected chi connectivity index (χ0v) is 6.89. The molecule has 0 aromatic carbocycles. The van der Waals surface area contributed by atoms with Crippen LogP contribution < -0.4 is 5.69 Å². The Labute approximate surface area is 66.5 Å². The molecule has 1 N–H and O–H groups in total. The molecule has 1 heterocycles. The Morgan fingerprint density at radius 2 is 2.60 bits per heavy atom. The van der Waals surface area contributed by atoms with Crippen LogP contribution >= 0.6 is 15.9 Å². The first kappa shape index (κ1) is 7.34. The maximum absolute atomic E-state index is 10.8. The molecule has 4 heteroatoms. The van der Waals surface area contributed by atoms with Gasteiger partial charge in [-0.1, -0.05) is 22.5 Å². The molecule has 0 aliphatic carbocycles. The predicted octanol–water partition coefficient (Wildman–Crippen LogP) is 1.08. The highest BCUT2D eigenvalue weighted by Gasteiger charge is 1.94. The van der Waals surface area contributed by atoms with Crippen LogP contribution in [0, 0.1) is 0 Å². The number of nitrogens with one attached hydrogen (secondary N) is 1. The number of aromatic nitrogens is 2. The van der Waals surface area contributed by atoms with E-state index in [1.807, 2.05) is 0 Å². The van der Waals surface area contributed by atoms with Gasteiger partial charge in [-0.3, -0.25) is 4.57 Å². The zero-order chi connectivity index (χ0) is 7.56. The summed E-state index contributed by atoms with van der Waals surface area (Å²) in [4.78, 5) is 13.3. The maximum Gasteiger partial charge on any atom is 0.325 e. The Bertz CT molecular complexity index is 286. The molecule has 0 fully saturated rings. The number of aromatic amines is 1. The van der Waals surface area contributed by atoms with Crippen LogP contribution in [0.3, 0.4) is 0 Å². The summed E-state index contributed by atoms with van der Waals surface area (Å²) in [5.74, 6) is 0. The van der Waals surface area contributed by atoms with Crippen LogP contribution in [0.4, 0.5) is 0 Å². The van der Waals surface area contributed by atoms with Gasteiger partial charge >= 0.3 is 5.69 Å². The van der Waals surface area contributed by atoms with Gasteiger partial charge in [0.1, 0.15) is 0 Å². The minimum absolute atomic E-state index is 0.111. The standard InChI is InChI=1S/C6H7BrN2O/c1-5(7)4-9-3-2-8-6(9)10/h2-3H,1,4H2,(H,8,10). The molecule has 0 saturated heterocycles. The molecule has 0 spiro atoms. The summed E-state index contributed by atoms with van der Waals surface area (Å²) in [5.41, 5.74) is -0.111.